The van der Waals surface area contributed by atoms with E-state index in [9.17, 15) is 4.79 Å². The molecular weight excluding hydrogens is 376 g/mol. The molecule has 4 rings (SSSR count). The first kappa shape index (κ1) is 18.8. The molecule has 1 aromatic carbocycles. The molecule has 0 atom stereocenters. The topological polar surface area (TPSA) is 86.8 Å². The number of nitrogens with one attached hydrogen (secondary N) is 2. The molecule has 1 fully saturated rings. The number of nitrogens with zero attached hydrogens (tertiary/aromatic N) is 4. The summed E-state index contributed by atoms with van der Waals surface area (Å²) in [6.07, 6.45) is 8.46. The van der Waals surface area contributed by atoms with Gasteiger partial charge in [0.05, 0.1) is 17.2 Å². The van der Waals surface area contributed by atoms with E-state index in [0.29, 0.717) is 16.8 Å². The molecule has 1 saturated heterocycles. The molecule has 2 N–H and O–H groups in total. The van der Waals surface area contributed by atoms with Crippen molar-refractivity contribution >= 4 is 28.5 Å². The van der Waals surface area contributed by atoms with Crippen molar-refractivity contribution in [3.05, 3.63) is 53.3 Å². The Labute approximate surface area is 168 Å². The smallest absolute Gasteiger partial charge is 0.274 e. The highest BCUT2D eigenvalue weighted by molar-refractivity contribution is 6.31. The second-order valence-electron chi connectivity index (χ2n) is 7.06. The highest BCUT2D eigenvalue weighted by Crippen LogP contribution is 2.18. The zero-order chi connectivity index (χ0) is 19.3. The molecule has 0 radical (unpaired) electrons. The van der Waals surface area contributed by atoms with Crippen molar-refractivity contribution in [3.63, 3.8) is 0 Å². The number of aryl methyl sites for hydroxylation is 1. The van der Waals surface area contributed by atoms with E-state index >= 15 is 0 Å². The maximum absolute atomic E-state index is 12.4. The number of hydrogen-bond donors (Lipinski definition) is 2. The van der Waals surface area contributed by atoms with Gasteiger partial charge in [-0.3, -0.25) is 9.78 Å². The van der Waals surface area contributed by atoms with E-state index in [1.54, 1.807) is 12.4 Å². The van der Waals surface area contributed by atoms with Crippen LogP contribution in [-0.4, -0.2) is 56.4 Å². The van der Waals surface area contributed by atoms with Gasteiger partial charge in [0.15, 0.2) is 0 Å². The summed E-state index contributed by atoms with van der Waals surface area (Å²) in [5.41, 5.74) is 2.35. The zero-order valence-corrected chi connectivity index (χ0v) is 16.3. The molecule has 1 aliphatic heterocycles. The molecule has 146 valence electrons. The number of piperidine rings is 1. The van der Waals surface area contributed by atoms with Crippen molar-refractivity contribution < 1.29 is 4.79 Å². The first-order chi connectivity index (χ1) is 13.7. The third-order valence-corrected chi connectivity index (χ3v) is 5.32. The van der Waals surface area contributed by atoms with Crippen LogP contribution in [0, 0.1) is 0 Å². The van der Waals surface area contributed by atoms with Crippen LogP contribution in [0.5, 0.6) is 0 Å². The van der Waals surface area contributed by atoms with Crippen LogP contribution in [-0.2, 0) is 6.42 Å². The number of H-pyrrole nitrogens is 1. The normalized spacial score (nSPS) is 15.2. The lowest BCUT2D eigenvalue weighted by Gasteiger charge is -2.32. The molecule has 3 aromatic rings. The van der Waals surface area contributed by atoms with Crippen molar-refractivity contribution in [3.8, 4) is 0 Å². The third-order valence-electron chi connectivity index (χ3n) is 5.08. The van der Waals surface area contributed by atoms with Gasteiger partial charge in [-0.15, -0.1) is 0 Å². The number of fused-ring (bicyclic) bond motifs is 1. The lowest BCUT2D eigenvalue weighted by atomic mass is 10.0. The Hall–Kier alpha value is -2.51. The van der Waals surface area contributed by atoms with E-state index in [1.807, 2.05) is 23.1 Å². The summed E-state index contributed by atoms with van der Waals surface area (Å²) >= 11 is 6.02. The fourth-order valence-corrected chi connectivity index (χ4v) is 3.75. The van der Waals surface area contributed by atoms with E-state index in [2.05, 4.69) is 25.3 Å². The SMILES string of the molecule is O=C(c1cnccn1)N1CCC(NCCCc2nc3ccc(Cl)cc3[nH]2)CC1. The van der Waals surface area contributed by atoms with Gasteiger partial charge in [-0.05, 0) is 44.0 Å². The Morgan fingerprint density at radius 2 is 2.14 bits per heavy atom. The van der Waals surface area contributed by atoms with Crippen molar-refractivity contribution in [2.45, 2.75) is 31.7 Å². The van der Waals surface area contributed by atoms with Crippen molar-refractivity contribution in [1.29, 1.82) is 0 Å². The molecule has 1 aliphatic rings. The van der Waals surface area contributed by atoms with E-state index in [0.717, 1.165) is 62.2 Å². The number of benzene rings is 1. The largest absolute Gasteiger partial charge is 0.342 e. The molecule has 0 spiro atoms. The number of imidazole rings is 1. The lowest BCUT2D eigenvalue weighted by Crippen LogP contribution is -2.45. The Balaban J connectivity index is 1.19. The fraction of sp³-hybridized carbons (Fsp3) is 0.400. The van der Waals surface area contributed by atoms with Crippen LogP contribution in [0.2, 0.25) is 5.02 Å². The van der Waals surface area contributed by atoms with Crippen LogP contribution >= 0.6 is 11.6 Å². The van der Waals surface area contributed by atoms with Gasteiger partial charge in [0.25, 0.3) is 5.91 Å². The number of hydrogen-bond acceptors (Lipinski definition) is 5. The van der Waals surface area contributed by atoms with Crippen molar-refractivity contribution in [2.24, 2.45) is 0 Å². The maximum atomic E-state index is 12.4. The molecule has 28 heavy (non-hydrogen) atoms. The average Bonchev–Trinajstić information content (AvgIpc) is 3.13. The number of aromatic amines is 1. The first-order valence-corrected chi connectivity index (χ1v) is 9.99. The third kappa shape index (κ3) is 4.48. The van der Waals surface area contributed by atoms with Gasteiger partial charge in [0.1, 0.15) is 11.5 Å². The number of likely N-dealkylation sites (tertiary alicyclic amines) is 1. The Morgan fingerprint density at radius 1 is 1.29 bits per heavy atom. The Kier molecular flexibility index (Phi) is 5.83. The molecular formula is C20H23ClN6O. The number of aromatic nitrogens is 4. The minimum absolute atomic E-state index is 0.0310. The lowest BCUT2D eigenvalue weighted by molar-refractivity contribution is 0.0699. The minimum atomic E-state index is -0.0310. The summed E-state index contributed by atoms with van der Waals surface area (Å²) in [4.78, 5) is 30.3. The van der Waals surface area contributed by atoms with E-state index < -0.39 is 0 Å². The van der Waals surface area contributed by atoms with Crippen LogP contribution < -0.4 is 5.32 Å². The number of halogens is 1. The van der Waals surface area contributed by atoms with Gasteiger partial charge >= 0.3 is 0 Å². The van der Waals surface area contributed by atoms with Crippen LogP contribution in [0.25, 0.3) is 11.0 Å². The predicted molar refractivity (Wildman–Crippen MR) is 108 cm³/mol. The Bertz CT molecular complexity index is 936. The standard InChI is InChI=1S/C20H23ClN6O/c21-14-3-4-16-17(12-14)26-19(25-16)2-1-7-23-15-5-10-27(11-6-15)20(28)18-13-22-8-9-24-18/h3-4,8-9,12-13,15,23H,1-2,5-7,10-11H2,(H,25,26). The zero-order valence-electron chi connectivity index (χ0n) is 15.6. The van der Waals surface area contributed by atoms with Crippen molar-refractivity contribution in [1.82, 2.24) is 30.2 Å². The second kappa shape index (κ2) is 8.67. The summed E-state index contributed by atoms with van der Waals surface area (Å²) in [7, 11) is 0. The molecule has 7 nitrogen and oxygen atoms in total. The number of amides is 1. The average molecular weight is 399 g/mol. The molecule has 2 aromatic heterocycles. The highest BCUT2D eigenvalue weighted by atomic mass is 35.5. The predicted octanol–water partition coefficient (Wildman–Crippen LogP) is 2.83. The van der Waals surface area contributed by atoms with Crippen LogP contribution in [0.1, 0.15) is 35.6 Å². The molecule has 0 bridgehead atoms. The molecule has 0 aliphatic carbocycles. The van der Waals surface area contributed by atoms with Crippen LogP contribution in [0.15, 0.2) is 36.8 Å². The summed E-state index contributed by atoms with van der Waals surface area (Å²) in [6.45, 7) is 2.43. The summed E-state index contributed by atoms with van der Waals surface area (Å²) in [5, 5.41) is 4.32. The van der Waals surface area contributed by atoms with Crippen molar-refractivity contribution in [2.75, 3.05) is 19.6 Å². The van der Waals surface area contributed by atoms with Crippen LogP contribution in [0.4, 0.5) is 0 Å². The van der Waals surface area contributed by atoms with E-state index in [-0.39, 0.29) is 5.91 Å². The fourth-order valence-electron chi connectivity index (χ4n) is 3.57. The Morgan fingerprint density at radius 3 is 2.93 bits per heavy atom. The molecule has 1 amide bonds. The molecule has 0 unspecified atom stereocenters. The second-order valence-corrected chi connectivity index (χ2v) is 7.50. The van der Waals surface area contributed by atoms with Gasteiger partial charge in [0.2, 0.25) is 0 Å². The van der Waals surface area contributed by atoms with Gasteiger partial charge in [0, 0.05) is 43.0 Å². The van der Waals surface area contributed by atoms with E-state index in [1.165, 1.54) is 6.20 Å². The van der Waals surface area contributed by atoms with Crippen LogP contribution in [0.3, 0.4) is 0 Å². The summed E-state index contributed by atoms with van der Waals surface area (Å²) in [5.74, 6) is 0.958. The van der Waals surface area contributed by atoms with Gasteiger partial charge in [-0.2, -0.15) is 0 Å². The van der Waals surface area contributed by atoms with Gasteiger partial charge in [-0.25, -0.2) is 9.97 Å². The monoisotopic (exact) mass is 398 g/mol. The van der Waals surface area contributed by atoms with E-state index in [4.69, 9.17) is 11.6 Å². The minimum Gasteiger partial charge on any atom is -0.342 e. The number of rotatable bonds is 6. The summed E-state index contributed by atoms with van der Waals surface area (Å²) < 4.78 is 0. The quantitative estimate of drug-likeness (QED) is 0.623. The first-order valence-electron chi connectivity index (χ1n) is 9.62. The summed E-state index contributed by atoms with van der Waals surface area (Å²) in [6, 6.07) is 6.14. The number of carbonyl (C=O) groups is 1. The maximum Gasteiger partial charge on any atom is 0.274 e. The van der Waals surface area contributed by atoms with Gasteiger partial charge < -0.3 is 15.2 Å². The van der Waals surface area contributed by atoms with Gasteiger partial charge in [-0.1, -0.05) is 11.6 Å². The molecule has 3 heterocycles. The molecule has 8 heteroatoms. The highest BCUT2D eigenvalue weighted by Gasteiger charge is 2.24. The number of carbonyl (C=O) groups excluding carboxylic acids is 1. The molecule has 0 saturated carbocycles.